The Balaban J connectivity index is 0.695. The summed E-state index contributed by atoms with van der Waals surface area (Å²) in [7, 11) is 0. The molecule has 5 aromatic rings. The van der Waals surface area contributed by atoms with Crippen LogP contribution < -0.4 is 35.6 Å². The van der Waals surface area contributed by atoms with Crippen LogP contribution in [0.15, 0.2) is 91.3 Å². The highest BCUT2D eigenvalue weighted by molar-refractivity contribution is 6.30. The van der Waals surface area contributed by atoms with Gasteiger partial charge in [0.05, 0.1) is 30.9 Å². The molecule has 2 aromatic heterocycles. The molecule has 0 saturated carbocycles. The molecule has 362 valence electrons. The third-order valence-corrected chi connectivity index (χ3v) is 13.0. The van der Waals surface area contributed by atoms with E-state index >= 15 is 0 Å². The second-order valence-electron chi connectivity index (χ2n) is 18.0. The van der Waals surface area contributed by atoms with E-state index in [0.29, 0.717) is 78.4 Å². The van der Waals surface area contributed by atoms with Crippen LogP contribution in [0.2, 0.25) is 5.02 Å². The average molecular weight is 958 g/mol. The van der Waals surface area contributed by atoms with Crippen molar-refractivity contribution in [2.24, 2.45) is 5.92 Å². The van der Waals surface area contributed by atoms with Crippen molar-refractivity contribution in [3.05, 3.63) is 119 Å². The van der Waals surface area contributed by atoms with Crippen LogP contribution in [-0.4, -0.2) is 109 Å². The third kappa shape index (κ3) is 12.4. The topological polar surface area (TPSA) is 168 Å². The molecule has 1 spiro atoms. The molecule has 2 atom stereocenters. The van der Waals surface area contributed by atoms with Crippen LogP contribution in [0.5, 0.6) is 11.5 Å². The number of amides is 4. The number of nitrogens with one attached hydrogen (secondary N) is 4. The predicted molar refractivity (Wildman–Crippen MR) is 265 cm³/mol. The van der Waals surface area contributed by atoms with E-state index in [9.17, 15) is 19.2 Å². The molecule has 2 fully saturated rings. The summed E-state index contributed by atoms with van der Waals surface area (Å²) in [6.07, 6.45) is 7.69. The summed E-state index contributed by atoms with van der Waals surface area (Å²) < 4.78 is 19.9. The number of aromatic nitrogens is 2. The number of ether oxygens (including phenoxy) is 3. The lowest BCUT2D eigenvalue weighted by Crippen LogP contribution is -2.52. The minimum atomic E-state index is -0.861. The van der Waals surface area contributed by atoms with E-state index in [1.54, 1.807) is 35.0 Å². The first kappa shape index (κ1) is 48.8. The molecule has 4 N–H and O–H groups in total. The number of anilines is 1. The highest BCUT2D eigenvalue weighted by Crippen LogP contribution is 2.44. The SMILES string of the molecule is CCCC1NCCN1c1ccc(CCNC(=O)c2cnc3c(ccn3CC(=O)NCCOCCNC(=O)C#Cc3ccc4c(c3)OC3(CCN(C(=O)C(c5ccc(Cl)cc5)C(C)C)CC3)O4)c2)cc1. The minimum absolute atomic E-state index is 0.0552. The first-order valence-electron chi connectivity index (χ1n) is 24.0. The van der Waals surface area contributed by atoms with E-state index in [-0.39, 0.29) is 62.4 Å². The van der Waals surface area contributed by atoms with Crippen LogP contribution in [0.1, 0.15) is 79.4 Å². The van der Waals surface area contributed by atoms with E-state index in [1.807, 2.05) is 35.2 Å². The van der Waals surface area contributed by atoms with Crippen molar-refractivity contribution < 1.29 is 33.4 Å². The molecule has 2 unspecified atom stereocenters. The van der Waals surface area contributed by atoms with Gasteiger partial charge in [0.2, 0.25) is 11.8 Å². The zero-order valence-corrected chi connectivity index (χ0v) is 40.3. The zero-order valence-electron chi connectivity index (χ0n) is 39.5. The number of pyridine rings is 1. The van der Waals surface area contributed by atoms with Crippen LogP contribution in [0.25, 0.3) is 11.0 Å². The molecule has 0 aliphatic carbocycles. The molecule has 15 nitrogen and oxygen atoms in total. The number of nitrogens with zero attached hydrogens (tertiary/aromatic N) is 4. The van der Waals surface area contributed by atoms with Gasteiger partial charge in [0.15, 0.2) is 11.5 Å². The van der Waals surface area contributed by atoms with E-state index in [1.165, 1.54) is 11.9 Å². The fourth-order valence-electron chi connectivity index (χ4n) is 9.17. The highest BCUT2D eigenvalue weighted by Gasteiger charge is 2.46. The molecule has 4 amide bonds. The van der Waals surface area contributed by atoms with Crippen molar-refractivity contribution in [2.45, 2.75) is 77.3 Å². The summed E-state index contributed by atoms with van der Waals surface area (Å²) in [5.74, 6) is 4.86. The van der Waals surface area contributed by atoms with Gasteiger partial charge >= 0.3 is 0 Å². The van der Waals surface area contributed by atoms with Crippen molar-refractivity contribution in [1.82, 2.24) is 35.7 Å². The molecule has 69 heavy (non-hydrogen) atoms. The molecule has 3 aromatic carbocycles. The Labute approximate surface area is 408 Å². The monoisotopic (exact) mass is 956 g/mol. The van der Waals surface area contributed by atoms with Crippen molar-refractivity contribution in [1.29, 1.82) is 0 Å². The number of carbonyl (C=O) groups is 4. The minimum Gasteiger partial charge on any atom is -0.448 e. The summed E-state index contributed by atoms with van der Waals surface area (Å²) in [6, 6.07) is 25.0. The molecular formula is C53H61ClN8O7. The van der Waals surface area contributed by atoms with Gasteiger partial charge in [-0.15, -0.1) is 0 Å². The van der Waals surface area contributed by atoms with Crippen LogP contribution in [0, 0.1) is 17.8 Å². The summed E-state index contributed by atoms with van der Waals surface area (Å²) in [5.41, 5.74) is 4.99. The molecule has 3 aliphatic heterocycles. The van der Waals surface area contributed by atoms with E-state index in [2.05, 4.69) is 88.0 Å². The van der Waals surface area contributed by atoms with Crippen molar-refractivity contribution in [3.63, 3.8) is 0 Å². The van der Waals surface area contributed by atoms with Crippen LogP contribution in [0.3, 0.4) is 0 Å². The lowest BCUT2D eigenvalue weighted by molar-refractivity contribution is -0.148. The molecule has 0 radical (unpaired) electrons. The van der Waals surface area contributed by atoms with Crippen LogP contribution in [-0.2, 0) is 32.1 Å². The van der Waals surface area contributed by atoms with Gasteiger partial charge in [-0.25, -0.2) is 4.98 Å². The number of piperidine rings is 1. The Morgan fingerprint density at radius 1 is 0.899 bits per heavy atom. The van der Waals surface area contributed by atoms with Crippen molar-refractivity contribution in [3.8, 4) is 23.3 Å². The predicted octanol–water partition coefficient (Wildman–Crippen LogP) is 6.03. The standard InChI is InChI=1S/C53H61ClN8O7/c1-4-5-46-55-23-29-62(46)43-14-6-37(7-15-43)18-22-58-51(65)41-33-40-19-26-61(50(40)59-34-41)35-48(64)57-25-31-67-30-24-56-47(63)17-9-38-8-16-44-45(32-38)69-53(68-44)20-27-60(28-21-53)52(66)49(36(2)3)39-10-12-42(54)13-11-39/h6-8,10-16,19,26,32-34,36,46,49,55H,4-5,18,20-25,27-31,35H2,1-3H3,(H,56,63)(H,57,64)(H,58,65). The Kier molecular flexibility index (Phi) is 16.0. The van der Waals surface area contributed by atoms with Crippen LogP contribution >= 0.6 is 11.6 Å². The number of benzene rings is 3. The molecule has 16 heteroatoms. The number of rotatable bonds is 18. The summed E-state index contributed by atoms with van der Waals surface area (Å²) >= 11 is 6.10. The zero-order chi connectivity index (χ0) is 48.3. The first-order chi connectivity index (χ1) is 33.5. The summed E-state index contributed by atoms with van der Waals surface area (Å²) in [6.45, 7) is 10.9. The number of halogens is 1. The van der Waals surface area contributed by atoms with Gasteiger partial charge < -0.3 is 44.5 Å². The lowest BCUT2D eigenvalue weighted by Gasteiger charge is -2.39. The molecule has 5 heterocycles. The van der Waals surface area contributed by atoms with Gasteiger partial charge in [0.25, 0.3) is 17.6 Å². The maximum absolute atomic E-state index is 13.7. The van der Waals surface area contributed by atoms with Crippen LogP contribution in [0.4, 0.5) is 5.69 Å². The third-order valence-electron chi connectivity index (χ3n) is 12.8. The second kappa shape index (κ2) is 22.7. The molecule has 3 aliphatic rings. The molecule has 2 saturated heterocycles. The van der Waals surface area contributed by atoms with Gasteiger partial charge in [-0.05, 0) is 84.5 Å². The van der Waals surface area contributed by atoms with Gasteiger partial charge in [-0.1, -0.05) is 69.0 Å². The molecular weight excluding hydrogens is 896 g/mol. The summed E-state index contributed by atoms with van der Waals surface area (Å²) in [4.78, 5) is 60.7. The van der Waals surface area contributed by atoms with Crippen molar-refractivity contribution in [2.75, 3.05) is 63.9 Å². The van der Waals surface area contributed by atoms with Crippen molar-refractivity contribution >= 4 is 52.0 Å². The number of likely N-dealkylation sites (tertiary alicyclic amines) is 1. The maximum atomic E-state index is 13.7. The lowest BCUT2D eigenvalue weighted by atomic mass is 9.86. The Bertz CT molecular complexity index is 2670. The van der Waals surface area contributed by atoms with Gasteiger partial charge in [-0.3, -0.25) is 24.5 Å². The quantitative estimate of drug-likeness (QED) is 0.0602. The number of hydrogen-bond acceptors (Lipinski definition) is 10. The Morgan fingerprint density at radius 2 is 1.65 bits per heavy atom. The Morgan fingerprint density at radius 3 is 2.41 bits per heavy atom. The van der Waals surface area contributed by atoms with Gasteiger partial charge in [0, 0.05) is 98.6 Å². The van der Waals surface area contributed by atoms with E-state index in [0.717, 1.165) is 42.4 Å². The second-order valence-corrected chi connectivity index (χ2v) is 18.5. The number of carbonyl (C=O) groups excluding carboxylic acids is 4. The fraction of sp³-hybridized carbons (Fsp3) is 0.415. The Hall–Kier alpha value is -6.60. The highest BCUT2D eigenvalue weighted by atomic mass is 35.5. The largest absolute Gasteiger partial charge is 0.448 e. The van der Waals surface area contributed by atoms with E-state index < -0.39 is 11.7 Å². The molecule has 0 bridgehead atoms. The molecule has 8 rings (SSSR count). The van der Waals surface area contributed by atoms with E-state index in [4.69, 9.17) is 25.8 Å². The van der Waals surface area contributed by atoms with Gasteiger partial charge in [-0.2, -0.15) is 0 Å². The summed E-state index contributed by atoms with van der Waals surface area (Å²) in [5, 5.41) is 13.5. The number of hydrogen-bond donors (Lipinski definition) is 4. The normalized spacial score (nSPS) is 16.3. The smallest absolute Gasteiger partial charge is 0.296 e. The number of fused-ring (bicyclic) bond motifs is 2. The first-order valence-corrected chi connectivity index (χ1v) is 24.4. The maximum Gasteiger partial charge on any atom is 0.296 e. The average Bonchev–Trinajstić information content (AvgIpc) is 4.08. The van der Waals surface area contributed by atoms with Gasteiger partial charge in [0.1, 0.15) is 12.2 Å². The fourth-order valence-corrected chi connectivity index (χ4v) is 9.30.